The van der Waals surface area contributed by atoms with Crippen molar-refractivity contribution in [2.45, 2.75) is 4.34 Å². The molecule has 0 aliphatic heterocycles. The minimum Gasteiger partial charge on any atom is -0.464 e. The Morgan fingerprint density at radius 2 is 2.28 bits per heavy atom. The van der Waals surface area contributed by atoms with Gasteiger partial charge in [0.05, 0.1) is 11.3 Å². The SMILES string of the molecule is O=C(CSc1ncns1)c1coc2ccccc12. The minimum absolute atomic E-state index is 0.0418. The number of carbonyl (C=O) groups is 1. The van der Waals surface area contributed by atoms with Crippen molar-refractivity contribution < 1.29 is 9.21 Å². The quantitative estimate of drug-likeness (QED) is 0.541. The van der Waals surface area contributed by atoms with Crippen LogP contribution in [0.3, 0.4) is 0 Å². The zero-order valence-corrected chi connectivity index (χ0v) is 10.8. The zero-order valence-electron chi connectivity index (χ0n) is 9.20. The number of thioether (sulfide) groups is 1. The summed E-state index contributed by atoms with van der Waals surface area (Å²) < 4.78 is 10.0. The highest BCUT2D eigenvalue weighted by Gasteiger charge is 2.14. The Labute approximate surface area is 111 Å². The van der Waals surface area contributed by atoms with Crippen molar-refractivity contribution in [3.63, 3.8) is 0 Å². The molecular formula is C12H8N2O2S2. The maximum absolute atomic E-state index is 12.1. The lowest BCUT2D eigenvalue weighted by Gasteiger charge is -1.96. The number of benzene rings is 1. The van der Waals surface area contributed by atoms with Gasteiger partial charge in [0.2, 0.25) is 0 Å². The van der Waals surface area contributed by atoms with Crippen LogP contribution in [0.5, 0.6) is 0 Å². The number of ketones is 1. The summed E-state index contributed by atoms with van der Waals surface area (Å²) in [5.41, 5.74) is 1.37. The van der Waals surface area contributed by atoms with Crippen LogP contribution in [0.2, 0.25) is 0 Å². The molecule has 18 heavy (non-hydrogen) atoms. The summed E-state index contributed by atoms with van der Waals surface area (Å²) in [4.78, 5) is 16.1. The van der Waals surface area contributed by atoms with E-state index in [4.69, 9.17) is 4.42 Å². The summed E-state index contributed by atoms with van der Waals surface area (Å²) in [6.07, 6.45) is 3.01. The van der Waals surface area contributed by atoms with Crippen LogP contribution in [-0.4, -0.2) is 20.9 Å². The number of nitrogens with zero attached hydrogens (tertiary/aromatic N) is 2. The van der Waals surface area contributed by atoms with Gasteiger partial charge in [0.1, 0.15) is 18.2 Å². The van der Waals surface area contributed by atoms with Gasteiger partial charge in [0.15, 0.2) is 10.1 Å². The fourth-order valence-corrected chi connectivity index (χ4v) is 2.95. The van der Waals surface area contributed by atoms with E-state index in [0.29, 0.717) is 11.3 Å². The van der Waals surface area contributed by atoms with E-state index in [1.54, 1.807) is 0 Å². The van der Waals surface area contributed by atoms with E-state index in [1.165, 1.54) is 35.9 Å². The Hall–Kier alpha value is -1.66. The molecule has 0 spiro atoms. The first-order chi connectivity index (χ1) is 8.84. The molecule has 3 rings (SSSR count). The third kappa shape index (κ3) is 2.16. The van der Waals surface area contributed by atoms with Crippen molar-refractivity contribution in [1.82, 2.24) is 9.36 Å². The number of para-hydroxylation sites is 1. The standard InChI is InChI=1S/C12H8N2O2S2/c15-10(6-17-12-13-7-14-18-12)9-5-16-11-4-2-1-3-8(9)11/h1-5,7H,6H2. The molecule has 0 saturated heterocycles. The van der Waals surface area contributed by atoms with E-state index < -0.39 is 0 Å². The topological polar surface area (TPSA) is 56.0 Å². The van der Waals surface area contributed by atoms with Crippen molar-refractivity contribution in [2.75, 3.05) is 5.75 Å². The van der Waals surface area contributed by atoms with E-state index in [2.05, 4.69) is 9.36 Å². The summed E-state index contributed by atoms with van der Waals surface area (Å²) in [7, 11) is 0. The number of fused-ring (bicyclic) bond motifs is 1. The lowest BCUT2D eigenvalue weighted by molar-refractivity contribution is 0.102. The normalized spacial score (nSPS) is 10.9. The van der Waals surface area contributed by atoms with Crippen LogP contribution >= 0.6 is 23.3 Å². The number of hydrogen-bond donors (Lipinski definition) is 0. The molecule has 0 N–H and O–H groups in total. The van der Waals surface area contributed by atoms with Gasteiger partial charge in [-0.1, -0.05) is 30.0 Å². The summed E-state index contributed by atoms with van der Waals surface area (Å²) in [5, 5.41) is 0.861. The van der Waals surface area contributed by atoms with Crippen LogP contribution in [-0.2, 0) is 0 Å². The summed E-state index contributed by atoms with van der Waals surface area (Å²) >= 11 is 2.69. The van der Waals surface area contributed by atoms with Crippen LogP contribution < -0.4 is 0 Å². The molecule has 0 bridgehead atoms. The molecule has 2 aromatic heterocycles. The van der Waals surface area contributed by atoms with Crippen molar-refractivity contribution >= 4 is 40.0 Å². The van der Waals surface area contributed by atoms with Crippen molar-refractivity contribution in [3.8, 4) is 0 Å². The van der Waals surface area contributed by atoms with E-state index in [9.17, 15) is 4.79 Å². The monoisotopic (exact) mass is 276 g/mol. The summed E-state index contributed by atoms with van der Waals surface area (Å²) in [6, 6.07) is 7.52. The van der Waals surface area contributed by atoms with Crippen LogP contribution in [0.4, 0.5) is 0 Å². The molecule has 0 aliphatic rings. The van der Waals surface area contributed by atoms with Gasteiger partial charge in [0.25, 0.3) is 0 Å². The van der Waals surface area contributed by atoms with Gasteiger partial charge in [0, 0.05) is 5.39 Å². The first-order valence-corrected chi connectivity index (χ1v) is 6.99. The summed E-state index contributed by atoms with van der Waals surface area (Å²) in [5.74, 6) is 0.388. The van der Waals surface area contributed by atoms with Crippen molar-refractivity contribution in [1.29, 1.82) is 0 Å². The van der Waals surface area contributed by atoms with Crippen LogP contribution in [0.15, 0.2) is 45.6 Å². The predicted molar refractivity (Wildman–Crippen MR) is 71.2 cm³/mol. The molecule has 0 amide bonds. The highest BCUT2D eigenvalue weighted by Crippen LogP contribution is 2.24. The summed E-state index contributed by atoms with van der Waals surface area (Å²) in [6.45, 7) is 0. The van der Waals surface area contributed by atoms with Gasteiger partial charge >= 0.3 is 0 Å². The molecule has 6 heteroatoms. The molecule has 90 valence electrons. The molecule has 0 aliphatic carbocycles. The molecule has 1 aromatic carbocycles. The van der Waals surface area contributed by atoms with Crippen LogP contribution in [0, 0.1) is 0 Å². The Morgan fingerprint density at radius 3 is 3.11 bits per heavy atom. The number of Topliss-reactive ketones (excluding diaryl/α,β-unsaturated/α-hetero) is 1. The first-order valence-electron chi connectivity index (χ1n) is 5.23. The Morgan fingerprint density at radius 1 is 1.39 bits per heavy atom. The van der Waals surface area contributed by atoms with Crippen LogP contribution in [0.1, 0.15) is 10.4 Å². The van der Waals surface area contributed by atoms with Gasteiger partial charge in [-0.2, -0.15) is 4.37 Å². The molecule has 0 saturated carbocycles. The molecule has 0 unspecified atom stereocenters. The van der Waals surface area contributed by atoms with E-state index in [1.807, 2.05) is 24.3 Å². The second kappa shape index (κ2) is 4.91. The average molecular weight is 276 g/mol. The zero-order chi connectivity index (χ0) is 12.4. The third-order valence-corrected chi connectivity index (χ3v) is 4.25. The van der Waals surface area contributed by atoms with Crippen LogP contribution in [0.25, 0.3) is 11.0 Å². The van der Waals surface area contributed by atoms with E-state index in [-0.39, 0.29) is 5.78 Å². The first kappa shape index (κ1) is 11.4. The van der Waals surface area contributed by atoms with Gasteiger partial charge in [-0.15, -0.1) is 0 Å². The number of hydrogen-bond acceptors (Lipinski definition) is 6. The maximum Gasteiger partial charge on any atom is 0.177 e. The smallest absolute Gasteiger partial charge is 0.177 e. The number of furan rings is 1. The predicted octanol–water partition coefficient (Wildman–Crippen LogP) is 3.26. The fourth-order valence-electron chi connectivity index (χ4n) is 1.63. The number of aromatic nitrogens is 2. The molecule has 2 heterocycles. The lowest BCUT2D eigenvalue weighted by Crippen LogP contribution is -2.00. The minimum atomic E-state index is 0.0418. The van der Waals surface area contributed by atoms with Gasteiger partial charge in [-0.25, -0.2) is 4.98 Å². The highest BCUT2D eigenvalue weighted by atomic mass is 32.2. The van der Waals surface area contributed by atoms with Gasteiger partial charge in [-0.05, 0) is 17.6 Å². The number of carbonyl (C=O) groups excluding carboxylic acids is 1. The van der Waals surface area contributed by atoms with Crippen molar-refractivity contribution in [3.05, 3.63) is 42.4 Å². The Balaban J connectivity index is 1.80. The molecule has 0 atom stereocenters. The average Bonchev–Trinajstić information content (AvgIpc) is 3.05. The second-order valence-corrected chi connectivity index (χ2v) is 5.57. The molecule has 4 nitrogen and oxygen atoms in total. The second-order valence-electron chi connectivity index (χ2n) is 3.56. The van der Waals surface area contributed by atoms with E-state index in [0.717, 1.165) is 15.3 Å². The molecule has 3 aromatic rings. The van der Waals surface area contributed by atoms with Gasteiger partial charge in [-0.3, -0.25) is 4.79 Å². The third-order valence-electron chi connectivity index (χ3n) is 2.45. The lowest BCUT2D eigenvalue weighted by atomic mass is 10.1. The van der Waals surface area contributed by atoms with Crippen molar-refractivity contribution in [2.24, 2.45) is 0 Å². The highest BCUT2D eigenvalue weighted by molar-refractivity contribution is 8.01. The largest absolute Gasteiger partial charge is 0.464 e. The number of rotatable bonds is 4. The fraction of sp³-hybridized carbons (Fsp3) is 0.0833. The maximum atomic E-state index is 12.1. The van der Waals surface area contributed by atoms with E-state index >= 15 is 0 Å². The Kier molecular flexibility index (Phi) is 3.12. The molecular weight excluding hydrogens is 268 g/mol. The van der Waals surface area contributed by atoms with Gasteiger partial charge < -0.3 is 4.42 Å². The Bertz CT molecular complexity index is 676. The molecule has 0 fully saturated rings. The molecule has 0 radical (unpaired) electrons.